The van der Waals surface area contributed by atoms with Crippen LogP contribution in [0.15, 0.2) is 28.7 Å². The Kier molecular flexibility index (Phi) is 6.48. The van der Waals surface area contributed by atoms with Crippen molar-refractivity contribution in [2.75, 3.05) is 4.43 Å². The molecule has 4 heteroatoms. The third-order valence-corrected chi connectivity index (χ3v) is 4.07. The van der Waals surface area contributed by atoms with Gasteiger partial charge >= 0.3 is 0 Å². The first-order valence-corrected chi connectivity index (χ1v) is 7.94. The summed E-state index contributed by atoms with van der Waals surface area (Å²) in [5, 5.41) is 3.07. The molecule has 1 aromatic carbocycles. The number of benzene rings is 1. The molecule has 0 aliphatic carbocycles. The van der Waals surface area contributed by atoms with Crippen LogP contribution in [0, 0.1) is 5.92 Å². The number of nitrogens with one attached hydrogen (secondary N) is 1. The summed E-state index contributed by atoms with van der Waals surface area (Å²) in [5.74, 6) is 0.573. The molecule has 1 atom stereocenters. The molecule has 0 saturated carbocycles. The third kappa shape index (κ3) is 5.38. The van der Waals surface area contributed by atoms with E-state index in [0.717, 1.165) is 14.5 Å². The zero-order valence-corrected chi connectivity index (χ0v) is 13.8. The van der Waals surface area contributed by atoms with Crippen molar-refractivity contribution in [3.8, 4) is 0 Å². The molecular weight excluding hydrogens is 393 g/mol. The molecular formula is C13H17BrINO. The standard InChI is InChI=1S/C13H17BrINO/c1-9(2)12(8-15)16-13(17)7-10-3-5-11(14)6-4-10/h3-6,9,12H,7-8H2,1-2H3,(H,16,17). The molecule has 0 bridgehead atoms. The molecule has 1 N–H and O–H groups in total. The summed E-state index contributed by atoms with van der Waals surface area (Å²) in [7, 11) is 0. The van der Waals surface area contributed by atoms with E-state index in [2.05, 4.69) is 57.7 Å². The van der Waals surface area contributed by atoms with Crippen molar-refractivity contribution in [2.45, 2.75) is 26.3 Å². The van der Waals surface area contributed by atoms with Crippen LogP contribution in [-0.4, -0.2) is 16.4 Å². The van der Waals surface area contributed by atoms with Crippen LogP contribution in [0.2, 0.25) is 0 Å². The van der Waals surface area contributed by atoms with Crippen molar-refractivity contribution in [3.05, 3.63) is 34.3 Å². The van der Waals surface area contributed by atoms with E-state index in [0.29, 0.717) is 12.3 Å². The normalized spacial score (nSPS) is 12.5. The van der Waals surface area contributed by atoms with E-state index >= 15 is 0 Å². The number of hydrogen-bond acceptors (Lipinski definition) is 1. The highest BCUT2D eigenvalue weighted by molar-refractivity contribution is 14.1. The molecule has 0 aliphatic rings. The van der Waals surface area contributed by atoms with Gasteiger partial charge in [-0.2, -0.15) is 0 Å². The summed E-state index contributed by atoms with van der Waals surface area (Å²) in [5.41, 5.74) is 1.04. The van der Waals surface area contributed by atoms with Crippen molar-refractivity contribution in [1.29, 1.82) is 0 Å². The maximum Gasteiger partial charge on any atom is 0.224 e. The SMILES string of the molecule is CC(C)C(CI)NC(=O)Cc1ccc(Br)cc1. The van der Waals surface area contributed by atoms with Crippen LogP contribution >= 0.6 is 38.5 Å². The Labute approximate surface area is 125 Å². The fraction of sp³-hybridized carbons (Fsp3) is 0.462. The van der Waals surface area contributed by atoms with Crippen LogP contribution < -0.4 is 5.32 Å². The van der Waals surface area contributed by atoms with Gasteiger partial charge in [0.2, 0.25) is 5.91 Å². The van der Waals surface area contributed by atoms with Crippen molar-refractivity contribution in [2.24, 2.45) is 5.92 Å². The fourth-order valence-electron chi connectivity index (χ4n) is 1.43. The summed E-state index contributed by atoms with van der Waals surface area (Å²) >= 11 is 5.69. The van der Waals surface area contributed by atoms with Crippen LogP contribution in [0.4, 0.5) is 0 Å². The predicted molar refractivity (Wildman–Crippen MR) is 83.5 cm³/mol. The van der Waals surface area contributed by atoms with Gasteiger partial charge in [0.15, 0.2) is 0 Å². The maximum absolute atomic E-state index is 11.8. The predicted octanol–water partition coefficient (Wildman–Crippen LogP) is 3.57. The summed E-state index contributed by atoms with van der Waals surface area (Å²) in [6.45, 7) is 4.26. The quantitative estimate of drug-likeness (QED) is 0.584. The number of hydrogen-bond donors (Lipinski definition) is 1. The van der Waals surface area contributed by atoms with E-state index in [1.807, 2.05) is 24.3 Å². The Morgan fingerprint density at radius 3 is 2.41 bits per heavy atom. The second-order valence-corrected chi connectivity index (χ2v) is 6.17. The molecule has 0 aliphatic heterocycles. The molecule has 1 unspecified atom stereocenters. The van der Waals surface area contributed by atoms with E-state index in [-0.39, 0.29) is 11.9 Å². The Hall–Kier alpha value is -0.100. The van der Waals surface area contributed by atoms with Gasteiger partial charge < -0.3 is 5.32 Å². The minimum absolute atomic E-state index is 0.0997. The third-order valence-electron chi connectivity index (χ3n) is 2.60. The van der Waals surface area contributed by atoms with E-state index in [9.17, 15) is 4.79 Å². The highest BCUT2D eigenvalue weighted by atomic mass is 127. The van der Waals surface area contributed by atoms with Crippen LogP contribution in [0.3, 0.4) is 0 Å². The maximum atomic E-state index is 11.8. The van der Waals surface area contributed by atoms with Crippen LogP contribution in [0.5, 0.6) is 0 Å². The number of amides is 1. The zero-order valence-electron chi connectivity index (χ0n) is 10.0. The fourth-order valence-corrected chi connectivity index (χ4v) is 2.93. The highest BCUT2D eigenvalue weighted by Crippen LogP contribution is 2.11. The first kappa shape index (κ1) is 15.0. The molecule has 17 heavy (non-hydrogen) atoms. The first-order chi connectivity index (χ1) is 8.02. The number of halogens is 2. The van der Waals surface area contributed by atoms with Gasteiger partial charge in [0.25, 0.3) is 0 Å². The minimum Gasteiger partial charge on any atom is -0.352 e. The van der Waals surface area contributed by atoms with Gasteiger partial charge in [0, 0.05) is 14.9 Å². The van der Waals surface area contributed by atoms with Gasteiger partial charge in [-0.3, -0.25) is 4.79 Å². The summed E-state index contributed by atoms with van der Waals surface area (Å²) in [6.07, 6.45) is 0.452. The van der Waals surface area contributed by atoms with E-state index in [1.54, 1.807) is 0 Å². The monoisotopic (exact) mass is 409 g/mol. The summed E-state index contributed by atoms with van der Waals surface area (Å²) < 4.78 is 1.98. The van der Waals surface area contributed by atoms with Crippen molar-refractivity contribution in [3.63, 3.8) is 0 Å². The molecule has 2 nitrogen and oxygen atoms in total. The first-order valence-electron chi connectivity index (χ1n) is 5.62. The van der Waals surface area contributed by atoms with Crippen molar-refractivity contribution < 1.29 is 4.79 Å². The second-order valence-electron chi connectivity index (χ2n) is 4.38. The van der Waals surface area contributed by atoms with Gasteiger partial charge in [-0.15, -0.1) is 0 Å². The van der Waals surface area contributed by atoms with Gasteiger partial charge in [0.1, 0.15) is 0 Å². The molecule has 1 amide bonds. The van der Waals surface area contributed by atoms with Crippen LogP contribution in [0.1, 0.15) is 19.4 Å². The molecule has 0 saturated heterocycles. The van der Waals surface area contributed by atoms with E-state index in [1.165, 1.54) is 0 Å². The largest absolute Gasteiger partial charge is 0.352 e. The lowest BCUT2D eigenvalue weighted by molar-refractivity contribution is -0.121. The van der Waals surface area contributed by atoms with Crippen molar-refractivity contribution >= 4 is 44.4 Å². The molecule has 0 heterocycles. The number of alkyl halides is 1. The number of carbonyl (C=O) groups is 1. The highest BCUT2D eigenvalue weighted by Gasteiger charge is 2.14. The molecule has 94 valence electrons. The topological polar surface area (TPSA) is 29.1 Å². The van der Waals surface area contributed by atoms with Gasteiger partial charge in [-0.1, -0.05) is 64.5 Å². The Bertz CT molecular complexity index is 364. The Balaban J connectivity index is 2.52. The molecule has 0 radical (unpaired) electrons. The Morgan fingerprint density at radius 1 is 1.35 bits per heavy atom. The van der Waals surface area contributed by atoms with Gasteiger partial charge in [0.05, 0.1) is 6.42 Å². The van der Waals surface area contributed by atoms with E-state index < -0.39 is 0 Å². The zero-order chi connectivity index (χ0) is 12.8. The smallest absolute Gasteiger partial charge is 0.224 e. The molecule has 0 spiro atoms. The van der Waals surface area contributed by atoms with Gasteiger partial charge in [-0.25, -0.2) is 0 Å². The molecule has 1 rings (SSSR count). The minimum atomic E-state index is 0.0997. The number of rotatable bonds is 5. The average Bonchev–Trinajstić information content (AvgIpc) is 2.28. The average molecular weight is 410 g/mol. The second kappa shape index (κ2) is 7.36. The van der Waals surface area contributed by atoms with Gasteiger partial charge in [-0.05, 0) is 23.6 Å². The lowest BCUT2D eigenvalue weighted by atomic mass is 10.1. The van der Waals surface area contributed by atoms with Crippen molar-refractivity contribution in [1.82, 2.24) is 5.32 Å². The number of carbonyl (C=O) groups excluding carboxylic acids is 1. The molecule has 1 aromatic rings. The Morgan fingerprint density at radius 2 is 1.94 bits per heavy atom. The molecule has 0 fully saturated rings. The lowest BCUT2D eigenvalue weighted by Crippen LogP contribution is -2.40. The molecule has 0 aromatic heterocycles. The van der Waals surface area contributed by atoms with Crippen LogP contribution in [0.25, 0.3) is 0 Å². The summed E-state index contributed by atoms with van der Waals surface area (Å²) in [4.78, 5) is 11.8. The summed E-state index contributed by atoms with van der Waals surface area (Å²) in [6, 6.07) is 8.12. The van der Waals surface area contributed by atoms with E-state index in [4.69, 9.17) is 0 Å². The lowest BCUT2D eigenvalue weighted by Gasteiger charge is -2.19. The van der Waals surface area contributed by atoms with Crippen LogP contribution in [-0.2, 0) is 11.2 Å².